The van der Waals surface area contributed by atoms with E-state index in [9.17, 15) is 12.8 Å². The number of fused-ring (bicyclic) bond motifs is 1. The van der Waals surface area contributed by atoms with E-state index in [-0.39, 0.29) is 18.0 Å². The van der Waals surface area contributed by atoms with Gasteiger partial charge in [-0.15, -0.1) is 5.10 Å². The summed E-state index contributed by atoms with van der Waals surface area (Å²) in [4.78, 5) is 10.4. The fraction of sp³-hybridized carbons (Fsp3) is 0.273. The number of piperazine rings is 1. The van der Waals surface area contributed by atoms with Crippen LogP contribution in [0.5, 0.6) is 5.75 Å². The van der Waals surface area contributed by atoms with Gasteiger partial charge in [0.15, 0.2) is 17.0 Å². The Morgan fingerprint density at radius 1 is 1.00 bits per heavy atom. The second kappa shape index (κ2) is 8.95. The fourth-order valence-corrected chi connectivity index (χ4v) is 5.41. The molecule has 10 nitrogen and oxygen atoms in total. The molecule has 0 bridgehead atoms. The summed E-state index contributed by atoms with van der Waals surface area (Å²) in [6.45, 7) is 3.62. The van der Waals surface area contributed by atoms with Gasteiger partial charge in [0.25, 0.3) is 0 Å². The Bertz CT molecular complexity index is 1420. The highest BCUT2D eigenvalue weighted by Crippen LogP contribution is 2.26. The second-order valence-corrected chi connectivity index (χ2v) is 9.53. The van der Waals surface area contributed by atoms with Gasteiger partial charge >= 0.3 is 0 Å². The van der Waals surface area contributed by atoms with Crippen LogP contribution in [0.4, 0.5) is 10.2 Å². The van der Waals surface area contributed by atoms with E-state index in [4.69, 9.17) is 4.74 Å². The van der Waals surface area contributed by atoms with Crippen molar-refractivity contribution in [1.82, 2.24) is 29.3 Å². The molecule has 1 aliphatic rings. The summed E-state index contributed by atoms with van der Waals surface area (Å²) < 4.78 is 48.3. The number of benzene rings is 2. The van der Waals surface area contributed by atoms with Crippen molar-refractivity contribution in [3.8, 4) is 11.4 Å². The van der Waals surface area contributed by atoms with Gasteiger partial charge in [0.05, 0.1) is 12.3 Å². The molecule has 0 atom stereocenters. The molecule has 12 heteroatoms. The molecule has 0 amide bonds. The van der Waals surface area contributed by atoms with Gasteiger partial charge in [-0.1, -0.05) is 17.3 Å². The zero-order chi connectivity index (χ0) is 23.7. The molecule has 0 radical (unpaired) electrons. The molecule has 3 heterocycles. The van der Waals surface area contributed by atoms with E-state index in [1.165, 1.54) is 28.8 Å². The number of hydrogen-bond donors (Lipinski definition) is 0. The quantitative estimate of drug-likeness (QED) is 0.411. The molecular weight excluding hydrogens is 461 g/mol. The SMILES string of the molecule is CCOc1ccc(-n2nnc3c(N4CCN(S(=O)(=O)c5ccccc5F)CC4)ncnc32)cc1. The van der Waals surface area contributed by atoms with Crippen LogP contribution in [0.15, 0.2) is 59.8 Å². The molecule has 176 valence electrons. The highest BCUT2D eigenvalue weighted by molar-refractivity contribution is 7.89. The number of rotatable bonds is 6. The molecule has 0 N–H and O–H groups in total. The number of nitrogens with zero attached hydrogens (tertiary/aromatic N) is 7. The van der Waals surface area contributed by atoms with Crippen LogP contribution >= 0.6 is 0 Å². The third-order valence-corrected chi connectivity index (χ3v) is 7.54. The molecule has 1 saturated heterocycles. The lowest BCUT2D eigenvalue weighted by molar-refractivity contribution is 0.340. The van der Waals surface area contributed by atoms with E-state index >= 15 is 0 Å². The molecule has 0 spiro atoms. The van der Waals surface area contributed by atoms with Crippen molar-refractivity contribution in [1.29, 1.82) is 0 Å². The maximum Gasteiger partial charge on any atom is 0.246 e. The highest BCUT2D eigenvalue weighted by Gasteiger charge is 2.31. The van der Waals surface area contributed by atoms with Gasteiger partial charge in [-0.05, 0) is 43.3 Å². The van der Waals surface area contributed by atoms with Gasteiger partial charge in [0, 0.05) is 26.2 Å². The topological polar surface area (TPSA) is 106 Å². The summed E-state index contributed by atoms with van der Waals surface area (Å²) in [6.07, 6.45) is 1.44. The zero-order valence-electron chi connectivity index (χ0n) is 18.4. The Hall–Kier alpha value is -3.64. The minimum Gasteiger partial charge on any atom is -0.494 e. The summed E-state index contributed by atoms with van der Waals surface area (Å²) in [5.74, 6) is 0.577. The summed E-state index contributed by atoms with van der Waals surface area (Å²) >= 11 is 0. The van der Waals surface area contributed by atoms with E-state index < -0.39 is 15.8 Å². The Kier molecular flexibility index (Phi) is 5.84. The van der Waals surface area contributed by atoms with E-state index in [1.54, 1.807) is 4.68 Å². The lowest BCUT2D eigenvalue weighted by Crippen LogP contribution is -2.49. The van der Waals surface area contributed by atoms with E-state index in [0.29, 0.717) is 36.7 Å². The number of halogens is 1. The van der Waals surface area contributed by atoms with E-state index in [2.05, 4.69) is 20.3 Å². The lowest BCUT2D eigenvalue weighted by atomic mass is 10.3. The van der Waals surface area contributed by atoms with Gasteiger partial charge < -0.3 is 9.64 Å². The minimum absolute atomic E-state index is 0.190. The molecule has 2 aromatic heterocycles. The first-order chi connectivity index (χ1) is 16.5. The fourth-order valence-electron chi connectivity index (χ4n) is 3.93. The van der Waals surface area contributed by atoms with Crippen LogP contribution in [0.2, 0.25) is 0 Å². The first-order valence-corrected chi connectivity index (χ1v) is 12.2. The predicted octanol–water partition coefficient (Wildman–Crippen LogP) is 2.26. The normalized spacial score (nSPS) is 15.1. The largest absolute Gasteiger partial charge is 0.494 e. The summed E-state index contributed by atoms with van der Waals surface area (Å²) in [7, 11) is -3.92. The van der Waals surface area contributed by atoms with Crippen LogP contribution in [-0.4, -0.2) is 70.5 Å². The summed E-state index contributed by atoms with van der Waals surface area (Å²) in [6, 6.07) is 12.8. The van der Waals surface area contributed by atoms with E-state index in [0.717, 1.165) is 17.5 Å². The number of sulfonamides is 1. The van der Waals surface area contributed by atoms with Gasteiger partial charge in [0.2, 0.25) is 10.0 Å². The van der Waals surface area contributed by atoms with Crippen molar-refractivity contribution in [2.24, 2.45) is 0 Å². The van der Waals surface area contributed by atoms with Crippen molar-refractivity contribution < 1.29 is 17.5 Å². The molecule has 0 saturated carbocycles. The highest BCUT2D eigenvalue weighted by atomic mass is 32.2. The monoisotopic (exact) mass is 483 g/mol. The Labute approximate surface area is 195 Å². The molecule has 4 aromatic rings. The number of ether oxygens (including phenoxy) is 1. The molecular formula is C22H22FN7O3S. The van der Waals surface area contributed by atoms with Crippen LogP contribution in [0.3, 0.4) is 0 Å². The Morgan fingerprint density at radius 3 is 2.44 bits per heavy atom. The van der Waals surface area contributed by atoms with Crippen LogP contribution in [0.1, 0.15) is 6.92 Å². The molecule has 1 aliphatic heterocycles. The number of anilines is 1. The first kappa shape index (κ1) is 22.2. The van der Waals surface area contributed by atoms with Crippen molar-refractivity contribution in [3.63, 3.8) is 0 Å². The summed E-state index contributed by atoms with van der Waals surface area (Å²) in [5, 5.41) is 8.54. The summed E-state index contributed by atoms with van der Waals surface area (Å²) in [5.41, 5.74) is 1.83. The van der Waals surface area contributed by atoms with Gasteiger partial charge in [-0.2, -0.15) is 8.99 Å². The average molecular weight is 484 g/mol. The first-order valence-electron chi connectivity index (χ1n) is 10.8. The Balaban J connectivity index is 1.37. The lowest BCUT2D eigenvalue weighted by Gasteiger charge is -2.34. The van der Waals surface area contributed by atoms with Gasteiger partial charge in [0.1, 0.15) is 22.8 Å². The van der Waals surface area contributed by atoms with Gasteiger partial charge in [-0.25, -0.2) is 22.8 Å². The predicted molar refractivity (Wildman–Crippen MR) is 123 cm³/mol. The van der Waals surface area contributed by atoms with Crippen LogP contribution in [0, 0.1) is 5.82 Å². The third-order valence-electron chi connectivity index (χ3n) is 5.60. The maximum atomic E-state index is 14.1. The number of hydrogen-bond acceptors (Lipinski definition) is 8. The standard InChI is InChI=1S/C22H22FN7O3S/c1-2-33-17-9-7-16(8-10-17)30-22-20(26-27-30)21(24-15-25-22)28-11-13-29(14-12-28)34(31,32)19-6-4-3-5-18(19)23/h3-10,15H,2,11-14H2,1H3. The molecule has 1 fully saturated rings. The molecule has 0 aliphatic carbocycles. The molecule has 0 unspecified atom stereocenters. The molecule has 2 aromatic carbocycles. The smallest absolute Gasteiger partial charge is 0.246 e. The zero-order valence-corrected chi connectivity index (χ0v) is 19.2. The van der Waals surface area contributed by atoms with Gasteiger partial charge in [-0.3, -0.25) is 0 Å². The average Bonchev–Trinajstić information content (AvgIpc) is 3.29. The maximum absolute atomic E-state index is 14.1. The van der Waals surface area contributed by atoms with E-state index in [1.807, 2.05) is 36.1 Å². The van der Waals surface area contributed by atoms with Crippen molar-refractivity contribution >= 4 is 27.0 Å². The second-order valence-electron chi connectivity index (χ2n) is 7.62. The number of aromatic nitrogens is 5. The Morgan fingerprint density at radius 2 is 1.74 bits per heavy atom. The van der Waals surface area contributed by atoms with Crippen LogP contribution in [0.25, 0.3) is 16.9 Å². The minimum atomic E-state index is -3.92. The molecule has 34 heavy (non-hydrogen) atoms. The van der Waals surface area contributed by atoms with Crippen LogP contribution in [-0.2, 0) is 10.0 Å². The van der Waals surface area contributed by atoms with Crippen molar-refractivity contribution in [2.75, 3.05) is 37.7 Å². The van der Waals surface area contributed by atoms with Crippen LogP contribution < -0.4 is 9.64 Å². The molecule has 5 rings (SSSR count). The van der Waals surface area contributed by atoms with Crippen molar-refractivity contribution in [3.05, 3.63) is 60.7 Å². The van der Waals surface area contributed by atoms with Crippen molar-refractivity contribution in [2.45, 2.75) is 11.8 Å². The third kappa shape index (κ3) is 3.94.